The molecular formula is C21H32N2O2S. The molecule has 144 valence electrons. The Hall–Kier alpha value is -1.04. The van der Waals surface area contributed by atoms with Gasteiger partial charge in [-0.3, -0.25) is 0 Å². The van der Waals surface area contributed by atoms with Gasteiger partial charge in [-0.25, -0.2) is 4.98 Å². The van der Waals surface area contributed by atoms with E-state index in [2.05, 4.69) is 64.3 Å². The molecule has 4 nitrogen and oxygen atoms in total. The molecule has 0 radical (unpaired) electrons. The number of aromatic nitrogens is 2. The standard InChI is InChI=1S/C21H32N2O2S/c1-19(2,3)18-22-16-13-15(26-20(4,5)6)7-8-17(16)23(18)14-21(24)9-11-25-12-10-21/h7-8,13,24H,9-12,14H2,1-6H3. The van der Waals surface area contributed by atoms with E-state index >= 15 is 0 Å². The molecule has 2 heterocycles. The van der Waals surface area contributed by atoms with Gasteiger partial charge in [0.15, 0.2) is 0 Å². The minimum Gasteiger partial charge on any atom is -0.388 e. The van der Waals surface area contributed by atoms with Gasteiger partial charge in [0.1, 0.15) is 5.82 Å². The van der Waals surface area contributed by atoms with Crippen LogP contribution in [-0.2, 0) is 16.7 Å². The first-order chi connectivity index (χ1) is 12.0. The highest BCUT2D eigenvalue weighted by Crippen LogP contribution is 2.36. The van der Waals surface area contributed by atoms with Crippen molar-refractivity contribution in [1.29, 1.82) is 0 Å². The van der Waals surface area contributed by atoms with Crippen LogP contribution in [0.3, 0.4) is 0 Å². The Morgan fingerprint density at radius 2 is 1.81 bits per heavy atom. The van der Waals surface area contributed by atoms with Crippen molar-refractivity contribution in [3.05, 3.63) is 24.0 Å². The number of ether oxygens (including phenoxy) is 1. The molecule has 1 N–H and O–H groups in total. The van der Waals surface area contributed by atoms with Crippen LogP contribution in [0.5, 0.6) is 0 Å². The fraction of sp³-hybridized carbons (Fsp3) is 0.667. The van der Waals surface area contributed by atoms with Gasteiger partial charge in [-0.2, -0.15) is 0 Å². The van der Waals surface area contributed by atoms with Crippen molar-refractivity contribution < 1.29 is 9.84 Å². The number of hydrogen-bond donors (Lipinski definition) is 1. The number of benzene rings is 1. The van der Waals surface area contributed by atoms with Crippen molar-refractivity contribution in [3.63, 3.8) is 0 Å². The molecule has 0 amide bonds. The molecule has 1 saturated heterocycles. The highest BCUT2D eigenvalue weighted by Gasteiger charge is 2.33. The molecule has 1 fully saturated rings. The van der Waals surface area contributed by atoms with Gasteiger partial charge in [-0.05, 0) is 18.2 Å². The predicted octanol–water partition coefficient (Wildman–Crippen LogP) is 4.77. The molecule has 2 aromatic rings. The quantitative estimate of drug-likeness (QED) is 0.784. The highest BCUT2D eigenvalue weighted by molar-refractivity contribution is 8.00. The van der Waals surface area contributed by atoms with Crippen molar-refractivity contribution in [2.24, 2.45) is 0 Å². The number of thioether (sulfide) groups is 1. The zero-order chi connectivity index (χ0) is 19.2. The van der Waals surface area contributed by atoms with Crippen LogP contribution in [0.4, 0.5) is 0 Å². The topological polar surface area (TPSA) is 47.3 Å². The Labute approximate surface area is 161 Å². The average molecular weight is 377 g/mol. The molecule has 0 spiro atoms. The second-order valence-corrected chi connectivity index (χ2v) is 11.4. The van der Waals surface area contributed by atoms with Gasteiger partial charge in [0, 0.05) is 41.1 Å². The molecule has 1 aromatic carbocycles. The SMILES string of the molecule is CC(C)(C)Sc1ccc2c(c1)nc(C(C)(C)C)n2CC1(O)CCOCC1. The molecule has 0 unspecified atom stereocenters. The molecule has 0 saturated carbocycles. The number of hydrogen-bond acceptors (Lipinski definition) is 4. The Morgan fingerprint density at radius 1 is 1.15 bits per heavy atom. The lowest BCUT2D eigenvalue weighted by molar-refractivity contribution is -0.0728. The van der Waals surface area contributed by atoms with Gasteiger partial charge in [-0.15, -0.1) is 11.8 Å². The fourth-order valence-electron chi connectivity index (χ4n) is 3.46. The molecule has 1 aliphatic heterocycles. The van der Waals surface area contributed by atoms with Crippen LogP contribution in [0.2, 0.25) is 0 Å². The summed E-state index contributed by atoms with van der Waals surface area (Å²) < 4.78 is 7.84. The summed E-state index contributed by atoms with van der Waals surface area (Å²) in [5.41, 5.74) is 1.32. The summed E-state index contributed by atoms with van der Waals surface area (Å²) in [5, 5.41) is 11.1. The van der Waals surface area contributed by atoms with Gasteiger partial charge >= 0.3 is 0 Å². The second-order valence-electron chi connectivity index (χ2n) is 9.47. The van der Waals surface area contributed by atoms with Gasteiger partial charge in [0.2, 0.25) is 0 Å². The zero-order valence-electron chi connectivity index (χ0n) is 16.9. The van der Waals surface area contributed by atoms with Crippen molar-refractivity contribution in [1.82, 2.24) is 9.55 Å². The van der Waals surface area contributed by atoms with E-state index in [0.717, 1.165) is 16.9 Å². The van der Waals surface area contributed by atoms with Crippen molar-refractivity contribution in [2.75, 3.05) is 13.2 Å². The summed E-state index contributed by atoms with van der Waals surface area (Å²) in [4.78, 5) is 6.21. The molecule has 0 bridgehead atoms. The molecule has 3 rings (SSSR count). The van der Waals surface area contributed by atoms with E-state index in [0.29, 0.717) is 32.6 Å². The molecule has 26 heavy (non-hydrogen) atoms. The van der Waals surface area contributed by atoms with Crippen LogP contribution in [-0.4, -0.2) is 38.2 Å². The lowest BCUT2D eigenvalue weighted by Gasteiger charge is -2.34. The van der Waals surface area contributed by atoms with E-state index in [1.165, 1.54) is 4.90 Å². The molecule has 1 aliphatic rings. The maximum Gasteiger partial charge on any atom is 0.115 e. The number of rotatable bonds is 3. The van der Waals surface area contributed by atoms with E-state index in [4.69, 9.17) is 9.72 Å². The van der Waals surface area contributed by atoms with E-state index in [1.54, 1.807) is 0 Å². The molecule has 1 aromatic heterocycles. The van der Waals surface area contributed by atoms with Crippen LogP contribution in [0.15, 0.2) is 23.1 Å². The van der Waals surface area contributed by atoms with Crippen molar-refractivity contribution in [3.8, 4) is 0 Å². The maximum atomic E-state index is 11.1. The number of imidazole rings is 1. The van der Waals surface area contributed by atoms with Crippen molar-refractivity contribution in [2.45, 2.75) is 81.6 Å². The summed E-state index contributed by atoms with van der Waals surface area (Å²) in [6, 6.07) is 6.52. The lowest BCUT2D eigenvalue weighted by Crippen LogP contribution is -2.41. The van der Waals surface area contributed by atoms with Gasteiger partial charge in [0.25, 0.3) is 0 Å². The highest BCUT2D eigenvalue weighted by atomic mass is 32.2. The van der Waals surface area contributed by atoms with E-state index in [-0.39, 0.29) is 10.2 Å². The first-order valence-corrected chi connectivity index (χ1v) is 10.3. The lowest BCUT2D eigenvalue weighted by atomic mass is 9.92. The Bertz CT molecular complexity index is 778. The number of nitrogens with zero attached hydrogens (tertiary/aromatic N) is 2. The molecule has 0 aliphatic carbocycles. The fourth-order valence-corrected chi connectivity index (χ4v) is 4.48. The third-order valence-electron chi connectivity index (χ3n) is 4.69. The molecule has 0 atom stereocenters. The van der Waals surface area contributed by atoms with Gasteiger partial charge < -0.3 is 14.4 Å². The first-order valence-electron chi connectivity index (χ1n) is 9.47. The minimum atomic E-state index is -0.718. The van der Waals surface area contributed by atoms with E-state index in [9.17, 15) is 5.11 Å². The van der Waals surface area contributed by atoms with Crippen molar-refractivity contribution >= 4 is 22.8 Å². The van der Waals surface area contributed by atoms with E-state index in [1.807, 2.05) is 11.8 Å². The Balaban J connectivity index is 2.04. The monoisotopic (exact) mass is 376 g/mol. The van der Waals surface area contributed by atoms with Crippen LogP contribution < -0.4 is 0 Å². The number of aliphatic hydroxyl groups is 1. The smallest absolute Gasteiger partial charge is 0.115 e. The van der Waals surface area contributed by atoms with Crippen LogP contribution in [0, 0.1) is 0 Å². The summed E-state index contributed by atoms with van der Waals surface area (Å²) in [7, 11) is 0. The third-order valence-corrected chi connectivity index (χ3v) is 5.79. The minimum absolute atomic E-state index is 0.0854. The van der Waals surface area contributed by atoms with Crippen LogP contribution in [0.1, 0.15) is 60.2 Å². The zero-order valence-corrected chi connectivity index (χ0v) is 17.7. The van der Waals surface area contributed by atoms with Gasteiger partial charge in [0.05, 0.1) is 23.2 Å². The summed E-state index contributed by atoms with van der Waals surface area (Å²) in [6.45, 7) is 15.0. The summed E-state index contributed by atoms with van der Waals surface area (Å²) >= 11 is 1.86. The first kappa shape index (κ1) is 19.7. The second kappa shape index (κ2) is 6.84. The molecule has 5 heteroatoms. The largest absolute Gasteiger partial charge is 0.388 e. The maximum absolute atomic E-state index is 11.1. The van der Waals surface area contributed by atoms with Crippen LogP contribution in [0.25, 0.3) is 11.0 Å². The third kappa shape index (κ3) is 4.44. The summed E-state index contributed by atoms with van der Waals surface area (Å²) in [5.74, 6) is 1.03. The predicted molar refractivity (Wildman–Crippen MR) is 109 cm³/mol. The number of fused-ring (bicyclic) bond motifs is 1. The Morgan fingerprint density at radius 3 is 2.38 bits per heavy atom. The van der Waals surface area contributed by atoms with Crippen LogP contribution >= 0.6 is 11.8 Å². The average Bonchev–Trinajstić information content (AvgIpc) is 2.84. The van der Waals surface area contributed by atoms with E-state index < -0.39 is 5.60 Å². The Kier molecular flexibility index (Phi) is 5.19. The summed E-state index contributed by atoms with van der Waals surface area (Å²) in [6.07, 6.45) is 1.35. The van der Waals surface area contributed by atoms with Gasteiger partial charge in [-0.1, -0.05) is 41.5 Å². The normalized spacial score (nSPS) is 18.4. The molecular weight excluding hydrogens is 344 g/mol.